The minimum absolute atomic E-state index is 0.149. The standard InChI is InChI=1S/C15H13N3O5S/c1-9-13-7-10(5-6-14(13)16-15(9)19)17-24(22,23)12-4-2-3-11(8-12)18(20)21/h2-9,17H,1H3,(H,16,19). The van der Waals surface area contributed by atoms with Gasteiger partial charge in [0, 0.05) is 23.5 Å². The van der Waals surface area contributed by atoms with Gasteiger partial charge >= 0.3 is 0 Å². The first-order chi connectivity index (χ1) is 11.3. The lowest BCUT2D eigenvalue weighted by atomic mass is 10.0. The van der Waals surface area contributed by atoms with Crippen molar-refractivity contribution in [3.05, 3.63) is 58.1 Å². The van der Waals surface area contributed by atoms with E-state index in [1.165, 1.54) is 24.3 Å². The Balaban J connectivity index is 1.92. The topological polar surface area (TPSA) is 118 Å². The fraction of sp³-hybridized carbons (Fsp3) is 0.133. The third-order valence-corrected chi connectivity index (χ3v) is 5.14. The predicted octanol–water partition coefficient (Wildman–Crippen LogP) is 2.45. The molecule has 8 nitrogen and oxygen atoms in total. The van der Waals surface area contributed by atoms with E-state index >= 15 is 0 Å². The highest BCUT2D eigenvalue weighted by Gasteiger charge is 2.27. The monoisotopic (exact) mass is 347 g/mol. The molecule has 0 saturated heterocycles. The lowest BCUT2D eigenvalue weighted by Gasteiger charge is -2.10. The Morgan fingerprint density at radius 2 is 1.96 bits per heavy atom. The first-order valence-corrected chi connectivity index (χ1v) is 8.48. The van der Waals surface area contributed by atoms with E-state index in [4.69, 9.17) is 0 Å². The van der Waals surface area contributed by atoms with Gasteiger partial charge in [-0.1, -0.05) is 6.07 Å². The Kier molecular flexibility index (Phi) is 3.72. The van der Waals surface area contributed by atoms with E-state index in [1.54, 1.807) is 19.1 Å². The van der Waals surface area contributed by atoms with Crippen LogP contribution in [0, 0.1) is 10.1 Å². The van der Waals surface area contributed by atoms with Gasteiger partial charge < -0.3 is 5.32 Å². The van der Waals surface area contributed by atoms with E-state index in [9.17, 15) is 23.3 Å². The third-order valence-electron chi connectivity index (χ3n) is 3.76. The van der Waals surface area contributed by atoms with E-state index in [1.807, 2.05) is 0 Å². The van der Waals surface area contributed by atoms with Gasteiger partial charge in [0.05, 0.1) is 15.7 Å². The van der Waals surface area contributed by atoms with E-state index < -0.39 is 14.9 Å². The van der Waals surface area contributed by atoms with Gasteiger partial charge in [-0.2, -0.15) is 0 Å². The van der Waals surface area contributed by atoms with Crippen LogP contribution in [0.15, 0.2) is 47.4 Å². The van der Waals surface area contributed by atoms with Crippen LogP contribution < -0.4 is 10.0 Å². The number of hydrogen-bond acceptors (Lipinski definition) is 5. The van der Waals surface area contributed by atoms with E-state index in [0.717, 1.165) is 6.07 Å². The molecule has 0 bridgehead atoms. The number of carbonyl (C=O) groups excluding carboxylic acids is 1. The zero-order valence-electron chi connectivity index (χ0n) is 12.5. The molecule has 1 amide bonds. The molecule has 2 aromatic rings. The highest BCUT2D eigenvalue weighted by molar-refractivity contribution is 7.92. The second-order valence-electron chi connectivity index (χ2n) is 5.37. The lowest BCUT2D eigenvalue weighted by Crippen LogP contribution is -2.13. The van der Waals surface area contributed by atoms with E-state index in [0.29, 0.717) is 11.3 Å². The number of fused-ring (bicyclic) bond motifs is 1. The van der Waals surface area contributed by atoms with Gasteiger partial charge in [0.25, 0.3) is 15.7 Å². The molecule has 0 aliphatic carbocycles. The van der Waals surface area contributed by atoms with Crippen LogP contribution in [0.5, 0.6) is 0 Å². The number of rotatable bonds is 4. The summed E-state index contributed by atoms with van der Waals surface area (Å²) in [6.07, 6.45) is 0. The van der Waals surface area contributed by atoms with Gasteiger partial charge in [-0.25, -0.2) is 8.42 Å². The van der Waals surface area contributed by atoms with E-state index in [2.05, 4.69) is 10.0 Å². The summed E-state index contributed by atoms with van der Waals surface area (Å²) < 4.78 is 27.2. The normalized spacial score (nSPS) is 16.4. The van der Waals surface area contributed by atoms with Crippen LogP contribution in [0.25, 0.3) is 0 Å². The van der Waals surface area contributed by atoms with Crippen molar-refractivity contribution in [2.45, 2.75) is 17.7 Å². The molecule has 0 aromatic heterocycles. The molecule has 0 spiro atoms. The van der Waals surface area contributed by atoms with Crippen molar-refractivity contribution in [2.75, 3.05) is 10.0 Å². The van der Waals surface area contributed by atoms with Crippen LogP contribution in [0.1, 0.15) is 18.4 Å². The highest BCUT2D eigenvalue weighted by atomic mass is 32.2. The minimum atomic E-state index is -3.98. The van der Waals surface area contributed by atoms with Crippen LogP contribution in [0.2, 0.25) is 0 Å². The summed E-state index contributed by atoms with van der Waals surface area (Å²) in [5.41, 5.74) is 1.31. The Morgan fingerprint density at radius 3 is 2.67 bits per heavy atom. The van der Waals surface area contributed by atoms with Crippen LogP contribution in [-0.2, 0) is 14.8 Å². The summed E-state index contributed by atoms with van der Waals surface area (Å²) in [6, 6.07) is 9.49. The minimum Gasteiger partial charge on any atom is -0.325 e. The van der Waals surface area contributed by atoms with E-state index in [-0.39, 0.29) is 28.1 Å². The molecule has 3 rings (SSSR count). The molecule has 1 aliphatic heterocycles. The number of nitrogens with one attached hydrogen (secondary N) is 2. The summed E-state index contributed by atoms with van der Waals surface area (Å²) in [5, 5.41) is 13.5. The van der Waals surface area contributed by atoms with Crippen LogP contribution in [0.4, 0.5) is 17.1 Å². The molecule has 2 N–H and O–H groups in total. The SMILES string of the molecule is CC1C(=O)Nc2ccc(NS(=O)(=O)c3cccc([N+](=O)[O-])c3)cc21. The second kappa shape index (κ2) is 5.60. The number of benzene rings is 2. The first kappa shape index (κ1) is 15.9. The zero-order valence-corrected chi connectivity index (χ0v) is 13.3. The van der Waals surface area contributed by atoms with Crippen LogP contribution in [-0.4, -0.2) is 19.2 Å². The Morgan fingerprint density at radius 1 is 1.21 bits per heavy atom. The number of non-ortho nitro benzene ring substituents is 1. The molecule has 1 unspecified atom stereocenters. The van der Waals surface area contributed by atoms with Crippen molar-refractivity contribution in [1.82, 2.24) is 0 Å². The Bertz CT molecular complexity index is 955. The third kappa shape index (κ3) is 2.81. The lowest BCUT2D eigenvalue weighted by molar-refractivity contribution is -0.385. The number of carbonyl (C=O) groups is 1. The quantitative estimate of drug-likeness (QED) is 0.650. The largest absolute Gasteiger partial charge is 0.325 e. The summed E-state index contributed by atoms with van der Waals surface area (Å²) in [6.45, 7) is 1.72. The number of hydrogen-bond donors (Lipinski definition) is 2. The molecule has 0 fully saturated rings. The number of amides is 1. The van der Waals surface area contributed by atoms with Crippen LogP contribution in [0.3, 0.4) is 0 Å². The van der Waals surface area contributed by atoms with Gasteiger partial charge in [0.2, 0.25) is 5.91 Å². The molecule has 9 heteroatoms. The summed E-state index contributed by atoms with van der Waals surface area (Å²) in [7, 11) is -3.98. The molecule has 0 saturated carbocycles. The molecule has 124 valence electrons. The van der Waals surface area contributed by atoms with Gasteiger partial charge in [-0.05, 0) is 36.8 Å². The zero-order chi connectivity index (χ0) is 17.5. The summed E-state index contributed by atoms with van der Waals surface area (Å²) >= 11 is 0. The first-order valence-electron chi connectivity index (χ1n) is 7.00. The van der Waals surface area contributed by atoms with Crippen molar-refractivity contribution in [3.8, 4) is 0 Å². The molecule has 1 heterocycles. The number of nitro benzene ring substituents is 1. The number of nitro groups is 1. The maximum absolute atomic E-state index is 12.4. The Labute approximate surface area is 137 Å². The van der Waals surface area contributed by atoms with Crippen molar-refractivity contribution >= 4 is 33.0 Å². The fourth-order valence-corrected chi connectivity index (χ4v) is 3.55. The predicted molar refractivity (Wildman–Crippen MR) is 87.4 cm³/mol. The molecule has 1 atom stereocenters. The van der Waals surface area contributed by atoms with Gasteiger partial charge in [0.1, 0.15) is 0 Å². The van der Waals surface area contributed by atoms with Crippen molar-refractivity contribution in [2.24, 2.45) is 0 Å². The van der Waals surface area contributed by atoms with Gasteiger partial charge in [0.15, 0.2) is 0 Å². The molecular weight excluding hydrogens is 334 g/mol. The smallest absolute Gasteiger partial charge is 0.270 e. The maximum Gasteiger partial charge on any atom is 0.270 e. The maximum atomic E-state index is 12.4. The fourth-order valence-electron chi connectivity index (χ4n) is 2.46. The molecule has 2 aromatic carbocycles. The average molecular weight is 347 g/mol. The van der Waals surface area contributed by atoms with Gasteiger partial charge in [-0.3, -0.25) is 19.6 Å². The molecule has 24 heavy (non-hydrogen) atoms. The number of anilines is 2. The summed E-state index contributed by atoms with van der Waals surface area (Å²) in [5.74, 6) is -0.522. The number of nitrogens with zero attached hydrogens (tertiary/aromatic N) is 1. The van der Waals surface area contributed by atoms with Crippen LogP contribution >= 0.6 is 0 Å². The van der Waals surface area contributed by atoms with Crippen molar-refractivity contribution < 1.29 is 18.1 Å². The summed E-state index contributed by atoms with van der Waals surface area (Å²) in [4.78, 5) is 21.6. The van der Waals surface area contributed by atoms with Crippen molar-refractivity contribution in [1.29, 1.82) is 0 Å². The molecule has 1 aliphatic rings. The molecule has 0 radical (unpaired) electrons. The second-order valence-corrected chi connectivity index (χ2v) is 7.06. The molecular formula is C15H13N3O5S. The Hall–Kier alpha value is -2.94. The average Bonchev–Trinajstić information content (AvgIpc) is 2.82. The number of sulfonamides is 1. The van der Waals surface area contributed by atoms with Gasteiger partial charge in [-0.15, -0.1) is 0 Å². The highest BCUT2D eigenvalue weighted by Crippen LogP contribution is 2.34. The van der Waals surface area contributed by atoms with Crippen molar-refractivity contribution in [3.63, 3.8) is 0 Å².